The molecule has 116 valence electrons. The van der Waals surface area contributed by atoms with Crippen LogP contribution in [-0.2, 0) is 4.79 Å². The third kappa shape index (κ3) is 5.77. The lowest BCUT2D eigenvalue weighted by molar-refractivity contribution is -0.119. The van der Waals surface area contributed by atoms with Gasteiger partial charge in [0.2, 0.25) is 5.91 Å². The summed E-state index contributed by atoms with van der Waals surface area (Å²) in [5.74, 6) is 1.09. The van der Waals surface area contributed by atoms with Crippen LogP contribution in [0.1, 0.15) is 26.2 Å². The minimum absolute atomic E-state index is 0.204. The Bertz CT molecular complexity index is 332. The van der Waals surface area contributed by atoms with E-state index in [2.05, 4.69) is 34.1 Å². The van der Waals surface area contributed by atoms with E-state index in [-0.39, 0.29) is 5.91 Å². The van der Waals surface area contributed by atoms with Gasteiger partial charge in [0, 0.05) is 39.6 Å². The lowest BCUT2D eigenvalue weighted by Gasteiger charge is -2.34. The number of nitrogens with zero attached hydrogens (tertiary/aromatic N) is 3. The number of piperidine rings is 1. The first-order chi connectivity index (χ1) is 9.56. The Kier molecular flexibility index (Phi) is 7.36. The molecule has 0 aromatic heterocycles. The van der Waals surface area contributed by atoms with Crippen molar-refractivity contribution in [1.29, 1.82) is 0 Å². The number of amides is 1. The number of carbonyl (C=O) groups excluding carboxylic acids is 1. The second-order valence-corrected chi connectivity index (χ2v) is 5.49. The molecule has 1 rings (SSSR count). The maximum Gasteiger partial charge on any atom is 0.217 e. The third-order valence-electron chi connectivity index (χ3n) is 3.84. The Labute approximate surface area is 122 Å². The molecule has 1 unspecified atom stereocenters. The fourth-order valence-corrected chi connectivity index (χ4v) is 2.56. The smallest absolute Gasteiger partial charge is 0.217 e. The van der Waals surface area contributed by atoms with Crippen molar-refractivity contribution < 1.29 is 4.79 Å². The molecule has 0 radical (unpaired) electrons. The van der Waals surface area contributed by atoms with E-state index in [1.807, 2.05) is 7.05 Å². The van der Waals surface area contributed by atoms with Crippen molar-refractivity contribution in [1.82, 2.24) is 15.1 Å². The van der Waals surface area contributed by atoms with Crippen molar-refractivity contribution in [3.05, 3.63) is 0 Å². The number of guanidine groups is 1. The highest BCUT2D eigenvalue weighted by Gasteiger charge is 2.23. The Morgan fingerprint density at radius 2 is 2.30 bits per heavy atom. The monoisotopic (exact) mass is 283 g/mol. The lowest BCUT2D eigenvalue weighted by Crippen LogP contribution is -2.48. The summed E-state index contributed by atoms with van der Waals surface area (Å²) in [6.45, 7) is 6.94. The van der Waals surface area contributed by atoms with Gasteiger partial charge in [0.1, 0.15) is 0 Å². The number of likely N-dealkylation sites (N-methyl/N-ethyl adjacent to an activating group) is 1. The van der Waals surface area contributed by atoms with E-state index >= 15 is 0 Å². The van der Waals surface area contributed by atoms with Crippen molar-refractivity contribution in [2.75, 3.05) is 46.8 Å². The summed E-state index contributed by atoms with van der Waals surface area (Å²) in [5, 5.41) is 3.40. The van der Waals surface area contributed by atoms with E-state index in [9.17, 15) is 4.79 Å². The summed E-state index contributed by atoms with van der Waals surface area (Å²) in [5.41, 5.74) is 5.30. The molecule has 3 N–H and O–H groups in total. The molecule has 1 heterocycles. The Morgan fingerprint density at radius 1 is 1.55 bits per heavy atom. The predicted molar refractivity (Wildman–Crippen MR) is 82.6 cm³/mol. The molecule has 0 spiro atoms. The number of primary amides is 1. The molecule has 1 atom stereocenters. The number of carbonyl (C=O) groups is 1. The van der Waals surface area contributed by atoms with Gasteiger partial charge >= 0.3 is 0 Å². The SMILES string of the molecule is CCN(C)CCNC(=NC)N1CCCC(CC(N)=O)C1. The second kappa shape index (κ2) is 8.79. The van der Waals surface area contributed by atoms with Crippen LogP contribution in [0.4, 0.5) is 0 Å². The molecule has 0 aromatic rings. The van der Waals surface area contributed by atoms with Crippen LogP contribution in [0, 0.1) is 5.92 Å². The predicted octanol–water partition coefficient (Wildman–Crippen LogP) is 0.101. The minimum atomic E-state index is -0.204. The average molecular weight is 283 g/mol. The number of nitrogens with one attached hydrogen (secondary N) is 1. The molecule has 20 heavy (non-hydrogen) atoms. The zero-order valence-electron chi connectivity index (χ0n) is 13.1. The highest BCUT2D eigenvalue weighted by molar-refractivity contribution is 5.80. The standard InChI is InChI=1S/C14H29N5O/c1-4-18(3)9-7-17-14(16-2)19-8-5-6-12(11-19)10-13(15)20/h12H,4-11H2,1-3H3,(H2,15,20)(H,16,17). The average Bonchev–Trinajstić information content (AvgIpc) is 2.43. The van der Waals surface area contributed by atoms with Crippen molar-refractivity contribution in [2.24, 2.45) is 16.6 Å². The van der Waals surface area contributed by atoms with E-state index in [4.69, 9.17) is 5.73 Å². The van der Waals surface area contributed by atoms with Crippen LogP contribution in [0.15, 0.2) is 4.99 Å². The van der Waals surface area contributed by atoms with Crippen molar-refractivity contribution in [3.63, 3.8) is 0 Å². The molecule has 1 aliphatic rings. The van der Waals surface area contributed by atoms with Gasteiger partial charge in [-0.05, 0) is 32.4 Å². The van der Waals surface area contributed by atoms with Crippen LogP contribution >= 0.6 is 0 Å². The molecule has 0 saturated carbocycles. The van der Waals surface area contributed by atoms with Gasteiger partial charge in [-0.1, -0.05) is 6.92 Å². The van der Waals surface area contributed by atoms with Gasteiger partial charge in [0.25, 0.3) is 0 Å². The maximum absolute atomic E-state index is 11.0. The Morgan fingerprint density at radius 3 is 2.90 bits per heavy atom. The first-order valence-electron chi connectivity index (χ1n) is 7.49. The van der Waals surface area contributed by atoms with Crippen LogP contribution in [0.3, 0.4) is 0 Å². The molecular weight excluding hydrogens is 254 g/mol. The van der Waals surface area contributed by atoms with Crippen LogP contribution in [0.25, 0.3) is 0 Å². The number of hydrogen-bond acceptors (Lipinski definition) is 3. The lowest BCUT2D eigenvalue weighted by atomic mass is 9.95. The summed E-state index contributed by atoms with van der Waals surface area (Å²) in [7, 11) is 3.91. The summed E-state index contributed by atoms with van der Waals surface area (Å²) in [6, 6.07) is 0. The van der Waals surface area contributed by atoms with E-state index in [0.29, 0.717) is 12.3 Å². The van der Waals surface area contributed by atoms with Gasteiger partial charge in [0.15, 0.2) is 5.96 Å². The zero-order chi connectivity index (χ0) is 15.0. The quantitative estimate of drug-likeness (QED) is 0.536. The number of hydrogen-bond donors (Lipinski definition) is 2. The van der Waals surface area contributed by atoms with Gasteiger partial charge < -0.3 is 20.9 Å². The summed E-state index contributed by atoms with van der Waals surface area (Å²) in [4.78, 5) is 19.9. The molecule has 0 bridgehead atoms. The molecule has 1 saturated heterocycles. The van der Waals surface area contributed by atoms with Crippen molar-refractivity contribution in [2.45, 2.75) is 26.2 Å². The molecule has 1 aliphatic heterocycles. The number of rotatable bonds is 6. The van der Waals surface area contributed by atoms with E-state index < -0.39 is 0 Å². The molecule has 1 fully saturated rings. The van der Waals surface area contributed by atoms with E-state index in [1.54, 1.807) is 0 Å². The Hall–Kier alpha value is -1.30. The van der Waals surface area contributed by atoms with Crippen LogP contribution < -0.4 is 11.1 Å². The maximum atomic E-state index is 11.0. The van der Waals surface area contributed by atoms with E-state index in [1.165, 1.54) is 0 Å². The highest BCUT2D eigenvalue weighted by atomic mass is 16.1. The summed E-state index contributed by atoms with van der Waals surface area (Å²) >= 11 is 0. The number of aliphatic imine (C=N–C) groups is 1. The van der Waals surface area contributed by atoms with Crippen molar-refractivity contribution >= 4 is 11.9 Å². The molecule has 6 nitrogen and oxygen atoms in total. The normalized spacial score (nSPS) is 20.3. The third-order valence-corrected chi connectivity index (χ3v) is 3.84. The largest absolute Gasteiger partial charge is 0.370 e. The van der Waals surface area contributed by atoms with Crippen LogP contribution in [0.2, 0.25) is 0 Å². The Balaban J connectivity index is 2.42. The topological polar surface area (TPSA) is 74.0 Å². The van der Waals surface area contributed by atoms with Gasteiger partial charge in [-0.3, -0.25) is 9.79 Å². The molecular formula is C14H29N5O. The summed E-state index contributed by atoms with van der Waals surface area (Å²) < 4.78 is 0. The van der Waals surface area contributed by atoms with Crippen molar-refractivity contribution in [3.8, 4) is 0 Å². The zero-order valence-corrected chi connectivity index (χ0v) is 13.1. The fraction of sp³-hybridized carbons (Fsp3) is 0.857. The fourth-order valence-electron chi connectivity index (χ4n) is 2.56. The highest BCUT2D eigenvalue weighted by Crippen LogP contribution is 2.19. The molecule has 6 heteroatoms. The molecule has 0 aliphatic carbocycles. The summed E-state index contributed by atoms with van der Waals surface area (Å²) in [6.07, 6.45) is 2.65. The second-order valence-electron chi connectivity index (χ2n) is 5.49. The molecule has 1 amide bonds. The van der Waals surface area contributed by atoms with Gasteiger partial charge in [-0.25, -0.2) is 0 Å². The van der Waals surface area contributed by atoms with E-state index in [0.717, 1.165) is 51.5 Å². The van der Waals surface area contributed by atoms with Gasteiger partial charge in [-0.15, -0.1) is 0 Å². The first kappa shape index (κ1) is 16.8. The molecule has 0 aromatic carbocycles. The number of nitrogens with two attached hydrogens (primary N) is 1. The minimum Gasteiger partial charge on any atom is -0.370 e. The van der Waals surface area contributed by atoms with Gasteiger partial charge in [0.05, 0.1) is 0 Å². The first-order valence-corrected chi connectivity index (χ1v) is 7.49. The van der Waals surface area contributed by atoms with Gasteiger partial charge in [-0.2, -0.15) is 0 Å². The van der Waals surface area contributed by atoms with Crippen LogP contribution in [0.5, 0.6) is 0 Å². The van der Waals surface area contributed by atoms with Crippen LogP contribution in [-0.4, -0.2) is 68.5 Å². The number of likely N-dealkylation sites (tertiary alicyclic amines) is 1.